The molecule has 0 aromatic rings. The standard InChI is InChI=1S/C10H14N2O4/c1-3-15-9(13)8(10(14)16-4-2)12-7-5-6-11/h5,7-8,12H,3-4H2,1-2H3/b7-5-. The van der Waals surface area contributed by atoms with Crippen molar-refractivity contribution in [2.45, 2.75) is 19.9 Å². The molecule has 6 nitrogen and oxygen atoms in total. The molecule has 6 heteroatoms. The third kappa shape index (κ3) is 5.00. The van der Waals surface area contributed by atoms with E-state index in [1.54, 1.807) is 19.9 Å². The molecule has 0 aromatic carbocycles. The monoisotopic (exact) mass is 226 g/mol. The van der Waals surface area contributed by atoms with Gasteiger partial charge in [-0.3, -0.25) is 0 Å². The molecule has 0 aliphatic heterocycles. The van der Waals surface area contributed by atoms with E-state index in [9.17, 15) is 9.59 Å². The summed E-state index contributed by atoms with van der Waals surface area (Å²) in [5.74, 6) is -1.47. The fourth-order valence-electron chi connectivity index (χ4n) is 0.865. The number of hydrogen-bond donors (Lipinski definition) is 1. The quantitative estimate of drug-likeness (QED) is 0.393. The number of esters is 2. The largest absolute Gasteiger partial charge is 0.464 e. The predicted molar refractivity (Wildman–Crippen MR) is 54.9 cm³/mol. The van der Waals surface area contributed by atoms with E-state index in [-0.39, 0.29) is 13.2 Å². The van der Waals surface area contributed by atoms with Crippen molar-refractivity contribution in [3.63, 3.8) is 0 Å². The summed E-state index contributed by atoms with van der Waals surface area (Å²) in [5.41, 5.74) is 0. The molecule has 1 N–H and O–H groups in total. The van der Waals surface area contributed by atoms with Gasteiger partial charge >= 0.3 is 11.9 Å². The zero-order valence-corrected chi connectivity index (χ0v) is 9.23. The lowest BCUT2D eigenvalue weighted by atomic mass is 10.3. The number of nitrogens with one attached hydrogen (secondary N) is 1. The molecule has 16 heavy (non-hydrogen) atoms. The summed E-state index contributed by atoms with van der Waals surface area (Å²) < 4.78 is 9.37. The highest BCUT2D eigenvalue weighted by atomic mass is 16.6. The molecule has 0 spiro atoms. The molecule has 0 aliphatic carbocycles. The summed E-state index contributed by atoms with van der Waals surface area (Å²) in [5, 5.41) is 10.7. The van der Waals surface area contributed by atoms with Crippen LogP contribution >= 0.6 is 0 Å². The van der Waals surface area contributed by atoms with Crippen LogP contribution in [0.4, 0.5) is 0 Å². The van der Waals surface area contributed by atoms with Crippen LogP contribution in [0.15, 0.2) is 12.3 Å². The number of nitrogens with zero attached hydrogens (tertiary/aromatic N) is 1. The van der Waals surface area contributed by atoms with E-state index in [4.69, 9.17) is 5.26 Å². The highest BCUT2D eigenvalue weighted by molar-refractivity contribution is 5.99. The topological polar surface area (TPSA) is 88.4 Å². The smallest absolute Gasteiger partial charge is 0.340 e. The van der Waals surface area contributed by atoms with Crippen molar-refractivity contribution in [1.82, 2.24) is 5.32 Å². The van der Waals surface area contributed by atoms with Crippen LogP contribution in [-0.4, -0.2) is 31.2 Å². The van der Waals surface area contributed by atoms with E-state index in [0.29, 0.717) is 0 Å². The molecule has 0 unspecified atom stereocenters. The van der Waals surface area contributed by atoms with Crippen LogP contribution in [0, 0.1) is 11.3 Å². The van der Waals surface area contributed by atoms with E-state index < -0.39 is 18.0 Å². The maximum absolute atomic E-state index is 11.4. The molecule has 0 saturated heterocycles. The summed E-state index contributed by atoms with van der Waals surface area (Å²) >= 11 is 0. The molecule has 0 heterocycles. The van der Waals surface area contributed by atoms with Gasteiger partial charge in [0.1, 0.15) is 0 Å². The maximum Gasteiger partial charge on any atom is 0.340 e. The van der Waals surface area contributed by atoms with Gasteiger partial charge in [-0.15, -0.1) is 0 Å². The van der Waals surface area contributed by atoms with Gasteiger partial charge in [0.25, 0.3) is 0 Å². The fourth-order valence-corrected chi connectivity index (χ4v) is 0.865. The summed E-state index contributed by atoms with van der Waals surface area (Å²) in [6, 6.07) is 0.486. The summed E-state index contributed by atoms with van der Waals surface area (Å²) in [4.78, 5) is 22.7. The molecule has 88 valence electrons. The van der Waals surface area contributed by atoms with Crippen molar-refractivity contribution in [1.29, 1.82) is 5.26 Å². The van der Waals surface area contributed by atoms with Gasteiger partial charge in [0.15, 0.2) is 0 Å². The van der Waals surface area contributed by atoms with E-state index >= 15 is 0 Å². The minimum Gasteiger partial charge on any atom is -0.464 e. The zero-order valence-electron chi connectivity index (χ0n) is 9.23. The summed E-state index contributed by atoms with van der Waals surface area (Å²) in [7, 11) is 0. The number of allylic oxidation sites excluding steroid dienone is 1. The van der Waals surface area contributed by atoms with E-state index in [1.807, 2.05) is 0 Å². The maximum atomic E-state index is 11.4. The van der Waals surface area contributed by atoms with E-state index in [2.05, 4.69) is 14.8 Å². The SMILES string of the molecule is CCOC(=O)C(N/C=C\C#N)C(=O)OCC. The Labute approximate surface area is 93.8 Å². The van der Waals surface area contributed by atoms with Gasteiger partial charge in [-0.1, -0.05) is 0 Å². The molecule has 0 rings (SSSR count). The Kier molecular flexibility index (Phi) is 7.24. The van der Waals surface area contributed by atoms with Crippen molar-refractivity contribution in [3.05, 3.63) is 12.3 Å². The number of carbonyl (C=O) groups is 2. The first-order chi connectivity index (χ1) is 7.67. The molecular formula is C10H14N2O4. The van der Waals surface area contributed by atoms with Crippen LogP contribution in [-0.2, 0) is 19.1 Å². The first kappa shape index (κ1) is 14.0. The first-order valence-electron chi connectivity index (χ1n) is 4.81. The molecule has 0 fully saturated rings. The number of rotatable bonds is 6. The van der Waals surface area contributed by atoms with Crippen LogP contribution < -0.4 is 5.32 Å². The second-order valence-electron chi connectivity index (χ2n) is 2.57. The van der Waals surface area contributed by atoms with Crippen molar-refractivity contribution in [2.75, 3.05) is 13.2 Å². The number of nitriles is 1. The molecule has 0 amide bonds. The van der Waals surface area contributed by atoms with Crippen LogP contribution in [0.5, 0.6) is 0 Å². The third-order valence-corrected chi connectivity index (χ3v) is 1.47. The molecular weight excluding hydrogens is 212 g/mol. The van der Waals surface area contributed by atoms with Gasteiger partial charge in [-0.05, 0) is 13.8 Å². The normalized spacial score (nSPS) is 9.88. The molecule has 0 bridgehead atoms. The van der Waals surface area contributed by atoms with Crippen LogP contribution in [0.3, 0.4) is 0 Å². The van der Waals surface area contributed by atoms with Gasteiger partial charge in [0.05, 0.1) is 19.3 Å². The Morgan fingerprint density at radius 2 is 1.81 bits per heavy atom. The van der Waals surface area contributed by atoms with Gasteiger partial charge in [-0.25, -0.2) is 9.59 Å². The van der Waals surface area contributed by atoms with Crippen molar-refractivity contribution in [3.8, 4) is 6.07 Å². The first-order valence-corrected chi connectivity index (χ1v) is 4.81. The molecule has 0 saturated carbocycles. The fraction of sp³-hybridized carbons (Fsp3) is 0.500. The average Bonchev–Trinajstić information content (AvgIpc) is 2.25. The molecule has 0 aliphatic rings. The lowest BCUT2D eigenvalue weighted by molar-refractivity contribution is -0.157. The molecule has 0 radical (unpaired) electrons. The Hall–Kier alpha value is -2.03. The van der Waals surface area contributed by atoms with Gasteiger partial charge in [0, 0.05) is 12.3 Å². The Balaban J connectivity index is 4.50. The van der Waals surface area contributed by atoms with Crippen molar-refractivity contribution < 1.29 is 19.1 Å². The molecule has 0 atom stereocenters. The zero-order chi connectivity index (χ0) is 12.4. The molecule has 0 aromatic heterocycles. The number of carbonyl (C=O) groups excluding carboxylic acids is 2. The number of ether oxygens (including phenoxy) is 2. The Morgan fingerprint density at radius 3 is 2.19 bits per heavy atom. The summed E-state index contributed by atoms with van der Waals surface area (Å²) in [6.45, 7) is 3.59. The second-order valence-corrected chi connectivity index (χ2v) is 2.57. The van der Waals surface area contributed by atoms with Gasteiger partial charge in [-0.2, -0.15) is 5.26 Å². The van der Waals surface area contributed by atoms with Crippen LogP contribution in [0.25, 0.3) is 0 Å². The average molecular weight is 226 g/mol. The summed E-state index contributed by atoms with van der Waals surface area (Å²) in [6.07, 6.45) is 2.30. The Morgan fingerprint density at radius 1 is 1.31 bits per heavy atom. The van der Waals surface area contributed by atoms with Gasteiger partial charge in [0.2, 0.25) is 6.04 Å². The lowest BCUT2D eigenvalue weighted by Crippen LogP contribution is -2.43. The van der Waals surface area contributed by atoms with E-state index in [1.165, 1.54) is 6.20 Å². The second kappa shape index (κ2) is 8.29. The number of hydrogen-bond acceptors (Lipinski definition) is 6. The van der Waals surface area contributed by atoms with Crippen molar-refractivity contribution in [2.24, 2.45) is 0 Å². The van der Waals surface area contributed by atoms with Crippen LogP contribution in [0.2, 0.25) is 0 Å². The predicted octanol–water partition coefficient (Wildman–Crippen LogP) is 0.108. The van der Waals surface area contributed by atoms with Gasteiger partial charge < -0.3 is 14.8 Å². The van der Waals surface area contributed by atoms with Crippen LogP contribution in [0.1, 0.15) is 13.8 Å². The minimum absolute atomic E-state index is 0.165. The highest BCUT2D eigenvalue weighted by Gasteiger charge is 2.28. The highest BCUT2D eigenvalue weighted by Crippen LogP contribution is 1.94. The Bertz CT molecular complexity index is 288. The van der Waals surface area contributed by atoms with Crippen molar-refractivity contribution >= 4 is 11.9 Å². The van der Waals surface area contributed by atoms with E-state index in [0.717, 1.165) is 6.08 Å². The minimum atomic E-state index is -1.23. The third-order valence-electron chi connectivity index (χ3n) is 1.47. The lowest BCUT2D eigenvalue weighted by Gasteiger charge is -2.13.